The molecule has 0 saturated carbocycles. The van der Waals surface area contributed by atoms with Gasteiger partial charge in [0.2, 0.25) is 5.91 Å². The fraction of sp³-hybridized carbons (Fsp3) is 0.278. The summed E-state index contributed by atoms with van der Waals surface area (Å²) in [4.78, 5) is 26.0. The van der Waals surface area contributed by atoms with Gasteiger partial charge in [-0.3, -0.25) is 4.79 Å². The van der Waals surface area contributed by atoms with Crippen LogP contribution in [0.3, 0.4) is 0 Å². The van der Waals surface area contributed by atoms with Crippen molar-refractivity contribution in [2.75, 3.05) is 24.3 Å². The standard InChI is InChI=1S/C18H18N4O3/c1-11-13(21-8-4-7-15(21)23)5-3-6-14(11)22-10-12(9-19)16(20)17(22)18(24)25-2/h3,5-6,10H,4,7-8,20H2,1-2H3. The lowest BCUT2D eigenvalue weighted by Crippen LogP contribution is -2.25. The lowest BCUT2D eigenvalue weighted by atomic mass is 10.1. The van der Waals surface area contributed by atoms with Crippen molar-refractivity contribution in [3.63, 3.8) is 0 Å². The van der Waals surface area contributed by atoms with E-state index in [1.54, 1.807) is 9.47 Å². The van der Waals surface area contributed by atoms with Gasteiger partial charge in [-0.25, -0.2) is 4.79 Å². The molecule has 25 heavy (non-hydrogen) atoms. The van der Waals surface area contributed by atoms with Crippen LogP contribution in [0.15, 0.2) is 24.4 Å². The molecule has 0 spiro atoms. The number of esters is 1. The predicted octanol–water partition coefficient (Wildman–Crippen LogP) is 2.15. The van der Waals surface area contributed by atoms with Crippen molar-refractivity contribution < 1.29 is 14.3 Å². The Bertz CT molecular complexity index is 908. The number of carbonyl (C=O) groups is 2. The Labute approximate surface area is 145 Å². The molecular formula is C18H18N4O3. The maximum absolute atomic E-state index is 12.2. The van der Waals surface area contributed by atoms with Gasteiger partial charge in [0.05, 0.1) is 24.0 Å². The van der Waals surface area contributed by atoms with Crippen LogP contribution >= 0.6 is 0 Å². The van der Waals surface area contributed by atoms with E-state index in [9.17, 15) is 14.9 Å². The lowest BCUT2D eigenvalue weighted by molar-refractivity contribution is -0.117. The number of amides is 1. The second-order valence-corrected chi connectivity index (χ2v) is 5.85. The highest BCUT2D eigenvalue weighted by molar-refractivity contribution is 5.98. The highest BCUT2D eigenvalue weighted by Crippen LogP contribution is 2.32. The predicted molar refractivity (Wildman–Crippen MR) is 92.6 cm³/mol. The molecule has 1 saturated heterocycles. The maximum atomic E-state index is 12.2. The highest BCUT2D eigenvalue weighted by atomic mass is 16.5. The Balaban J connectivity index is 2.20. The molecule has 7 nitrogen and oxygen atoms in total. The fourth-order valence-corrected chi connectivity index (χ4v) is 3.17. The van der Waals surface area contributed by atoms with Crippen LogP contribution in [0.25, 0.3) is 5.69 Å². The Morgan fingerprint density at radius 2 is 2.08 bits per heavy atom. The van der Waals surface area contributed by atoms with Crippen LogP contribution in [0.5, 0.6) is 0 Å². The molecule has 0 unspecified atom stereocenters. The second kappa shape index (κ2) is 6.32. The average Bonchev–Trinajstić information content (AvgIpc) is 3.17. The minimum Gasteiger partial charge on any atom is -0.464 e. The van der Waals surface area contributed by atoms with Crippen LogP contribution in [-0.4, -0.2) is 30.1 Å². The number of methoxy groups -OCH3 is 1. The van der Waals surface area contributed by atoms with Crippen LogP contribution < -0.4 is 10.6 Å². The number of hydrogen-bond donors (Lipinski definition) is 1. The molecule has 7 heteroatoms. The van der Waals surface area contributed by atoms with Crippen molar-refractivity contribution in [1.29, 1.82) is 5.26 Å². The molecule has 1 aliphatic rings. The molecule has 1 fully saturated rings. The summed E-state index contributed by atoms with van der Waals surface area (Å²) in [5, 5.41) is 9.24. The van der Waals surface area contributed by atoms with Gasteiger partial charge in [0.1, 0.15) is 6.07 Å². The second-order valence-electron chi connectivity index (χ2n) is 5.85. The van der Waals surface area contributed by atoms with Crippen LogP contribution in [0.1, 0.15) is 34.5 Å². The van der Waals surface area contributed by atoms with Crippen LogP contribution in [0.4, 0.5) is 11.4 Å². The Morgan fingerprint density at radius 1 is 1.36 bits per heavy atom. The monoisotopic (exact) mass is 338 g/mol. The Morgan fingerprint density at radius 3 is 2.68 bits per heavy atom. The van der Waals surface area contributed by atoms with E-state index in [4.69, 9.17) is 10.5 Å². The number of nitrogen functional groups attached to an aromatic ring is 1. The largest absolute Gasteiger partial charge is 0.464 e. The SMILES string of the molecule is COC(=O)c1c(N)c(C#N)cn1-c1cccc(N2CCCC2=O)c1C. The van der Waals surface area contributed by atoms with Gasteiger partial charge in [0.15, 0.2) is 5.69 Å². The quantitative estimate of drug-likeness (QED) is 0.864. The Hall–Kier alpha value is -3.27. The number of nitrogens with zero attached hydrogens (tertiary/aromatic N) is 3. The summed E-state index contributed by atoms with van der Waals surface area (Å²) in [5.41, 5.74) is 8.62. The molecule has 2 aromatic rings. The van der Waals surface area contributed by atoms with Gasteiger partial charge >= 0.3 is 5.97 Å². The molecule has 1 aromatic heterocycles. The molecule has 3 rings (SSSR count). The van der Waals surface area contributed by atoms with Gasteiger partial charge in [0.25, 0.3) is 0 Å². The summed E-state index contributed by atoms with van der Waals surface area (Å²) in [6.45, 7) is 2.55. The zero-order valence-corrected chi connectivity index (χ0v) is 14.1. The highest BCUT2D eigenvalue weighted by Gasteiger charge is 2.26. The van der Waals surface area contributed by atoms with Gasteiger partial charge in [-0.05, 0) is 31.0 Å². The molecular weight excluding hydrogens is 320 g/mol. The summed E-state index contributed by atoms with van der Waals surface area (Å²) in [5.74, 6) is -0.542. The molecule has 1 aromatic carbocycles. The van der Waals surface area contributed by atoms with E-state index in [1.165, 1.54) is 13.3 Å². The molecule has 1 amide bonds. The summed E-state index contributed by atoms with van der Waals surface area (Å²) in [6.07, 6.45) is 2.87. The van der Waals surface area contributed by atoms with Crippen LogP contribution in [0, 0.1) is 18.3 Å². The fourth-order valence-electron chi connectivity index (χ4n) is 3.17. The first kappa shape index (κ1) is 16.6. The lowest BCUT2D eigenvalue weighted by Gasteiger charge is -2.21. The third-order valence-electron chi connectivity index (χ3n) is 4.44. The van der Waals surface area contributed by atoms with Gasteiger partial charge in [0, 0.05) is 24.8 Å². The number of benzene rings is 1. The van der Waals surface area contributed by atoms with E-state index in [-0.39, 0.29) is 22.9 Å². The van der Waals surface area contributed by atoms with Gasteiger partial charge < -0.3 is 19.9 Å². The number of nitriles is 1. The third kappa shape index (κ3) is 2.62. The summed E-state index contributed by atoms with van der Waals surface area (Å²) in [6, 6.07) is 7.48. The molecule has 0 aliphatic carbocycles. The molecule has 0 atom stereocenters. The number of ether oxygens (including phenoxy) is 1. The van der Waals surface area contributed by atoms with Crippen molar-refractivity contribution in [1.82, 2.24) is 4.57 Å². The van der Waals surface area contributed by atoms with E-state index in [0.29, 0.717) is 18.7 Å². The van der Waals surface area contributed by atoms with E-state index >= 15 is 0 Å². The minimum atomic E-state index is -0.624. The number of anilines is 2. The van der Waals surface area contributed by atoms with Crippen molar-refractivity contribution in [3.05, 3.63) is 41.2 Å². The van der Waals surface area contributed by atoms with Gasteiger partial charge in [-0.1, -0.05) is 6.07 Å². The van der Waals surface area contributed by atoms with Gasteiger partial charge in [-0.2, -0.15) is 5.26 Å². The topological polar surface area (TPSA) is 101 Å². The normalized spacial score (nSPS) is 13.8. The molecule has 0 radical (unpaired) electrons. The first-order chi connectivity index (χ1) is 12.0. The minimum absolute atomic E-state index is 0.0800. The molecule has 0 bridgehead atoms. The maximum Gasteiger partial charge on any atom is 0.357 e. The number of rotatable bonds is 3. The van der Waals surface area contributed by atoms with Crippen LogP contribution in [-0.2, 0) is 9.53 Å². The number of nitrogens with two attached hydrogens (primary N) is 1. The zero-order valence-electron chi connectivity index (χ0n) is 14.1. The first-order valence-corrected chi connectivity index (χ1v) is 7.89. The smallest absolute Gasteiger partial charge is 0.357 e. The Kier molecular flexibility index (Phi) is 4.19. The van der Waals surface area contributed by atoms with Crippen molar-refractivity contribution >= 4 is 23.3 Å². The van der Waals surface area contributed by atoms with Crippen molar-refractivity contribution in [2.24, 2.45) is 0 Å². The van der Waals surface area contributed by atoms with E-state index in [0.717, 1.165) is 17.7 Å². The number of hydrogen-bond acceptors (Lipinski definition) is 5. The first-order valence-electron chi connectivity index (χ1n) is 7.89. The number of carbonyl (C=O) groups excluding carboxylic acids is 2. The molecule has 2 N–H and O–H groups in total. The van der Waals surface area contributed by atoms with E-state index in [2.05, 4.69) is 0 Å². The summed E-state index contributed by atoms with van der Waals surface area (Å²) in [7, 11) is 1.26. The van der Waals surface area contributed by atoms with Gasteiger partial charge in [-0.15, -0.1) is 0 Å². The molecule has 128 valence electrons. The van der Waals surface area contributed by atoms with Crippen LogP contribution in [0.2, 0.25) is 0 Å². The van der Waals surface area contributed by atoms with Crippen molar-refractivity contribution in [2.45, 2.75) is 19.8 Å². The third-order valence-corrected chi connectivity index (χ3v) is 4.44. The molecule has 2 heterocycles. The van der Waals surface area contributed by atoms with Crippen molar-refractivity contribution in [3.8, 4) is 11.8 Å². The average molecular weight is 338 g/mol. The summed E-state index contributed by atoms with van der Waals surface area (Å²) >= 11 is 0. The van der Waals surface area contributed by atoms with E-state index < -0.39 is 5.97 Å². The van der Waals surface area contributed by atoms with E-state index in [1.807, 2.05) is 31.2 Å². The summed E-state index contributed by atoms with van der Waals surface area (Å²) < 4.78 is 6.37. The zero-order chi connectivity index (χ0) is 18.1. The number of aromatic nitrogens is 1. The molecule has 1 aliphatic heterocycles.